The predicted octanol–water partition coefficient (Wildman–Crippen LogP) is 3.21. The Morgan fingerprint density at radius 1 is 1.17 bits per heavy atom. The first-order valence-corrected chi connectivity index (χ1v) is 12.9. The van der Waals surface area contributed by atoms with Gasteiger partial charge in [0.25, 0.3) is 11.7 Å². The van der Waals surface area contributed by atoms with Gasteiger partial charge in [-0.1, -0.05) is 13.0 Å². The Morgan fingerprint density at radius 3 is 2.69 bits per heavy atom. The summed E-state index contributed by atoms with van der Waals surface area (Å²) < 4.78 is 2.01. The highest BCUT2D eigenvalue weighted by molar-refractivity contribution is 8.08. The van der Waals surface area contributed by atoms with Crippen LogP contribution < -0.4 is 15.5 Å². The number of aromatic nitrogens is 4. The molecular weight excluding hydrogens is 474 g/mol. The van der Waals surface area contributed by atoms with Crippen LogP contribution in [0, 0.1) is 0 Å². The Bertz CT molecular complexity index is 1450. The largest absolute Gasteiger partial charge is 0.380 e. The number of imidazole rings is 1. The van der Waals surface area contributed by atoms with E-state index in [1.807, 2.05) is 33.7 Å². The second-order valence-electron chi connectivity index (χ2n) is 9.11. The Labute approximate surface area is 212 Å². The summed E-state index contributed by atoms with van der Waals surface area (Å²) in [4.78, 5) is 39.8. The van der Waals surface area contributed by atoms with Crippen molar-refractivity contribution in [3.63, 3.8) is 0 Å². The molecule has 4 N–H and O–H groups in total. The van der Waals surface area contributed by atoms with Crippen molar-refractivity contribution in [1.82, 2.24) is 19.9 Å². The van der Waals surface area contributed by atoms with Crippen LogP contribution >= 0.6 is 11.8 Å². The lowest BCUT2D eigenvalue weighted by Crippen LogP contribution is -2.38. The fourth-order valence-electron chi connectivity index (χ4n) is 4.93. The molecule has 2 saturated heterocycles. The molecule has 0 aliphatic carbocycles. The summed E-state index contributed by atoms with van der Waals surface area (Å²) >= 11 is 1.72. The quantitative estimate of drug-likeness (QED) is 0.286. The third kappa shape index (κ3) is 3.97. The van der Waals surface area contributed by atoms with Crippen molar-refractivity contribution in [2.45, 2.75) is 36.3 Å². The van der Waals surface area contributed by atoms with Gasteiger partial charge in [-0.05, 0) is 49.2 Å². The summed E-state index contributed by atoms with van der Waals surface area (Å²) in [5.74, 6) is 1.78. The molecule has 0 unspecified atom stereocenters. The van der Waals surface area contributed by atoms with Gasteiger partial charge in [-0.2, -0.15) is 4.40 Å². The van der Waals surface area contributed by atoms with Gasteiger partial charge in [0, 0.05) is 29.1 Å². The maximum Gasteiger partial charge on any atom is 0.283 e. The van der Waals surface area contributed by atoms with E-state index in [9.17, 15) is 9.59 Å². The molecule has 10 heteroatoms. The zero-order valence-electron chi connectivity index (χ0n) is 19.7. The summed E-state index contributed by atoms with van der Waals surface area (Å²) in [5.41, 5.74) is 9.28. The van der Waals surface area contributed by atoms with Gasteiger partial charge in [0.05, 0.1) is 11.4 Å². The molecule has 2 aliphatic rings. The third-order valence-corrected chi connectivity index (χ3v) is 8.10. The highest BCUT2D eigenvalue weighted by atomic mass is 32.2. The van der Waals surface area contributed by atoms with Gasteiger partial charge in [0.2, 0.25) is 11.4 Å². The van der Waals surface area contributed by atoms with Crippen molar-refractivity contribution in [3.8, 4) is 11.3 Å². The minimum atomic E-state index is -0.236. The summed E-state index contributed by atoms with van der Waals surface area (Å²) in [5, 5.41) is 3.25. The maximum absolute atomic E-state index is 13.1. The number of nitrogens with zero attached hydrogens (tertiary/aromatic N) is 4. The lowest BCUT2D eigenvalue weighted by atomic mass is 10.1. The van der Waals surface area contributed by atoms with Crippen LogP contribution in [0.1, 0.15) is 42.0 Å². The molecule has 2 aliphatic heterocycles. The number of fused-ring (bicyclic) bond motifs is 1. The van der Waals surface area contributed by atoms with E-state index >= 15 is 0 Å². The molecule has 0 radical (unpaired) electrons. The number of hydrogen-bond donors (Lipinski definition) is 3. The van der Waals surface area contributed by atoms with Crippen LogP contribution in [0.15, 0.2) is 61.1 Å². The van der Waals surface area contributed by atoms with Crippen molar-refractivity contribution in [3.05, 3.63) is 72.4 Å². The lowest BCUT2D eigenvalue weighted by Gasteiger charge is -2.21. The topological polar surface area (TPSA) is 121 Å². The number of hydrogen-bond acceptors (Lipinski definition) is 6. The number of nitrogens with two attached hydrogens (primary N) is 1. The van der Waals surface area contributed by atoms with Crippen LogP contribution in [0.25, 0.3) is 16.8 Å². The molecule has 182 valence electrons. The van der Waals surface area contributed by atoms with Crippen LogP contribution in [-0.4, -0.2) is 48.7 Å². The second-order valence-corrected chi connectivity index (χ2v) is 10.6. The fourth-order valence-corrected chi connectivity index (χ4v) is 5.67. The lowest BCUT2D eigenvalue weighted by molar-refractivity contribution is -0.524. The fraction of sp³-hybridized carbons (Fsp3) is 0.269. The number of nitrogen functional groups attached to an aromatic ring is 1. The number of amides is 2. The molecule has 0 spiro atoms. The molecular formula is C26H26N7O2S+. The van der Waals surface area contributed by atoms with Gasteiger partial charge < -0.3 is 16.0 Å². The molecule has 5 heterocycles. The van der Waals surface area contributed by atoms with E-state index in [0.29, 0.717) is 22.4 Å². The minimum absolute atomic E-state index is 0.0580. The molecule has 3 atom stereocenters. The molecule has 0 bridgehead atoms. The van der Waals surface area contributed by atoms with Gasteiger partial charge in [0.1, 0.15) is 18.1 Å². The Balaban J connectivity index is 1.34. The van der Waals surface area contributed by atoms with E-state index in [2.05, 4.69) is 27.2 Å². The first kappa shape index (κ1) is 22.5. The molecule has 3 aromatic heterocycles. The van der Waals surface area contributed by atoms with Gasteiger partial charge in [-0.25, -0.2) is 15.0 Å². The summed E-state index contributed by atoms with van der Waals surface area (Å²) in [7, 11) is 0. The molecule has 2 fully saturated rings. The Morgan fingerprint density at radius 2 is 1.97 bits per heavy atom. The normalized spacial score (nSPS) is 21.0. The minimum Gasteiger partial charge on any atom is -0.380 e. The number of anilines is 2. The van der Waals surface area contributed by atoms with Gasteiger partial charge in [-0.15, -0.1) is 11.8 Å². The standard InChI is InChI=1S/C26H25N7O2S/c1-15-22(36-15)26(35)32-13-4-5-18(32)24-31-20(21-23(27)29-12-14-33(21)24)16-7-9-17(10-8-16)25(34)30-19-6-2-3-11-28-19/h2-3,6-12,14-15,18,22H,4-5,13H2,1H3,(H3,27,28,29,30,34)/p+1/t15-,18-,22+/m0/s1. The Hall–Kier alpha value is -3.92. The molecule has 1 aromatic carbocycles. The summed E-state index contributed by atoms with van der Waals surface area (Å²) in [6.07, 6.45) is 7.03. The number of carbonyl (C=O) groups excluding carboxylic acids is 2. The zero-order valence-corrected chi connectivity index (χ0v) is 20.5. The van der Waals surface area contributed by atoms with Gasteiger partial charge in [0.15, 0.2) is 11.5 Å². The van der Waals surface area contributed by atoms with Crippen LogP contribution in [0.5, 0.6) is 0 Å². The van der Waals surface area contributed by atoms with Crippen molar-refractivity contribution < 1.29 is 14.0 Å². The number of carbonyl (C=O) groups is 2. The van der Waals surface area contributed by atoms with Crippen LogP contribution in [-0.2, 0) is 4.79 Å². The van der Waals surface area contributed by atoms with E-state index in [1.54, 1.807) is 48.4 Å². The number of aromatic amines is 1. The number of nitrogens with one attached hydrogen (secondary N) is 2. The number of likely N-dealkylation sites (tertiary alicyclic amines) is 1. The molecule has 36 heavy (non-hydrogen) atoms. The molecule has 2 amide bonds. The van der Waals surface area contributed by atoms with Gasteiger partial charge >= 0.3 is 0 Å². The highest BCUT2D eigenvalue weighted by Gasteiger charge is 2.47. The highest BCUT2D eigenvalue weighted by Crippen LogP contribution is 2.44. The number of benzene rings is 1. The van der Waals surface area contributed by atoms with Crippen molar-refractivity contribution in [1.29, 1.82) is 0 Å². The number of rotatable bonds is 5. The Kier molecular flexibility index (Phi) is 5.60. The number of pyridine rings is 1. The number of H-pyrrole nitrogens is 1. The average molecular weight is 501 g/mol. The predicted molar refractivity (Wildman–Crippen MR) is 138 cm³/mol. The van der Waals surface area contributed by atoms with E-state index in [4.69, 9.17) is 5.73 Å². The average Bonchev–Trinajstić information content (AvgIpc) is 3.27. The molecule has 9 nitrogen and oxygen atoms in total. The van der Waals surface area contributed by atoms with Crippen molar-refractivity contribution in [2.75, 3.05) is 17.6 Å². The van der Waals surface area contributed by atoms with Crippen LogP contribution in [0.3, 0.4) is 0 Å². The van der Waals surface area contributed by atoms with Crippen molar-refractivity contribution >= 4 is 40.7 Å². The molecule has 0 saturated carbocycles. The molecule has 4 aromatic rings. The van der Waals surface area contributed by atoms with Crippen molar-refractivity contribution in [2.24, 2.45) is 0 Å². The number of thioether (sulfide) groups is 1. The zero-order chi connectivity index (χ0) is 24.8. The first-order chi connectivity index (χ1) is 17.5. The van der Waals surface area contributed by atoms with E-state index in [-0.39, 0.29) is 23.1 Å². The van der Waals surface area contributed by atoms with E-state index in [1.165, 1.54) is 0 Å². The molecule has 6 rings (SSSR count). The SMILES string of the molecule is C[C@@H]1S[C@H]1C(=O)N1CCC[C@H]1c1[nH]c(-c2ccc(C(=O)Nc3ccccn3)cc2)c2c(N)ncc[n+]12. The third-order valence-electron chi connectivity index (χ3n) is 6.81. The van der Waals surface area contributed by atoms with E-state index in [0.717, 1.165) is 42.0 Å². The second kappa shape index (κ2) is 8.94. The van der Waals surface area contributed by atoms with Gasteiger partial charge in [-0.3, -0.25) is 9.59 Å². The van der Waals surface area contributed by atoms with Crippen LogP contribution in [0.2, 0.25) is 0 Å². The summed E-state index contributed by atoms with van der Waals surface area (Å²) in [6, 6.07) is 12.6. The first-order valence-electron chi connectivity index (χ1n) is 12.0. The monoisotopic (exact) mass is 500 g/mol. The maximum atomic E-state index is 13.1. The smallest absolute Gasteiger partial charge is 0.283 e. The summed E-state index contributed by atoms with van der Waals surface area (Å²) in [6.45, 7) is 2.85. The van der Waals surface area contributed by atoms with Crippen LogP contribution in [0.4, 0.5) is 11.6 Å². The van der Waals surface area contributed by atoms with E-state index < -0.39 is 0 Å².